The molecule has 1 aliphatic heterocycles. The molecule has 0 saturated carbocycles. The highest BCUT2D eigenvalue weighted by Gasteiger charge is 2.21. The van der Waals surface area contributed by atoms with Crippen LogP contribution in [0, 0.1) is 6.92 Å². The van der Waals surface area contributed by atoms with Crippen LogP contribution in [0.2, 0.25) is 0 Å². The zero-order valence-electron chi connectivity index (χ0n) is 11.3. The lowest BCUT2D eigenvalue weighted by Crippen LogP contribution is -2.27. The Labute approximate surface area is 113 Å². The normalized spacial score (nSPS) is 14.3. The molecule has 0 unspecified atom stereocenters. The predicted molar refractivity (Wildman–Crippen MR) is 78.2 cm³/mol. The second-order valence-electron chi connectivity index (χ2n) is 5.12. The second-order valence-corrected chi connectivity index (χ2v) is 5.12. The van der Waals surface area contributed by atoms with Crippen molar-refractivity contribution in [2.24, 2.45) is 0 Å². The van der Waals surface area contributed by atoms with Gasteiger partial charge < -0.3 is 10.6 Å². The summed E-state index contributed by atoms with van der Waals surface area (Å²) in [4.78, 5) is 11.0. The molecule has 3 rings (SSSR count). The number of benzene rings is 1. The number of aromatic nitrogens is 2. The summed E-state index contributed by atoms with van der Waals surface area (Å²) < 4.78 is 0. The summed E-state index contributed by atoms with van der Waals surface area (Å²) in [6.45, 7) is 3.11. The molecule has 2 aromatic rings. The minimum Gasteiger partial charge on any atom is -0.368 e. The van der Waals surface area contributed by atoms with Crippen LogP contribution in [0.5, 0.6) is 0 Å². The zero-order valence-corrected chi connectivity index (χ0v) is 11.3. The summed E-state index contributed by atoms with van der Waals surface area (Å²) >= 11 is 0. The van der Waals surface area contributed by atoms with E-state index in [9.17, 15) is 0 Å². The molecule has 0 radical (unpaired) electrons. The predicted octanol–water partition coefficient (Wildman–Crippen LogP) is 2.42. The van der Waals surface area contributed by atoms with Crippen LogP contribution in [-0.2, 0) is 6.42 Å². The zero-order chi connectivity index (χ0) is 13.4. The summed E-state index contributed by atoms with van der Waals surface area (Å²) in [6, 6.07) is 8.41. The van der Waals surface area contributed by atoms with Gasteiger partial charge in [-0.3, -0.25) is 0 Å². The first-order valence-electron chi connectivity index (χ1n) is 6.60. The van der Waals surface area contributed by atoms with Gasteiger partial charge in [-0.1, -0.05) is 29.8 Å². The maximum absolute atomic E-state index is 5.86. The number of nitrogens with two attached hydrogens (primary N) is 1. The van der Waals surface area contributed by atoms with Crippen LogP contribution in [0.15, 0.2) is 24.3 Å². The van der Waals surface area contributed by atoms with Gasteiger partial charge in [0.2, 0.25) is 5.95 Å². The second kappa shape index (κ2) is 4.53. The number of anilines is 2. The van der Waals surface area contributed by atoms with Crippen molar-refractivity contribution in [2.45, 2.75) is 19.8 Å². The number of aryl methyl sites for hydroxylation is 1. The average molecular weight is 254 g/mol. The summed E-state index contributed by atoms with van der Waals surface area (Å²) in [5.41, 5.74) is 10.4. The van der Waals surface area contributed by atoms with E-state index in [1.807, 2.05) is 0 Å². The van der Waals surface area contributed by atoms with Gasteiger partial charge in [0.05, 0.1) is 5.69 Å². The highest BCUT2D eigenvalue weighted by Crippen LogP contribution is 2.32. The first-order chi connectivity index (χ1) is 9.15. The standard InChI is InChI=1S/C15H18N4/c1-10-5-7-11(8-6-10)13-12-4-3-9-19(2)14(12)18-15(16)17-13/h5-8H,3-4,9H2,1-2H3,(H2,16,17,18). The molecule has 4 heteroatoms. The molecule has 1 aromatic heterocycles. The molecular weight excluding hydrogens is 236 g/mol. The third kappa shape index (κ3) is 2.14. The lowest BCUT2D eigenvalue weighted by atomic mass is 9.99. The molecule has 1 aliphatic rings. The fourth-order valence-electron chi connectivity index (χ4n) is 2.58. The lowest BCUT2D eigenvalue weighted by Gasteiger charge is -2.27. The number of rotatable bonds is 1. The van der Waals surface area contributed by atoms with Gasteiger partial charge in [0.15, 0.2) is 0 Å². The molecule has 0 fully saturated rings. The van der Waals surface area contributed by atoms with E-state index in [0.717, 1.165) is 36.5 Å². The van der Waals surface area contributed by atoms with Crippen molar-refractivity contribution in [3.63, 3.8) is 0 Å². The van der Waals surface area contributed by atoms with Crippen LogP contribution < -0.4 is 10.6 Å². The summed E-state index contributed by atoms with van der Waals surface area (Å²) in [5.74, 6) is 1.33. The number of hydrogen-bond acceptors (Lipinski definition) is 4. The molecule has 19 heavy (non-hydrogen) atoms. The molecule has 98 valence electrons. The van der Waals surface area contributed by atoms with Crippen molar-refractivity contribution in [1.29, 1.82) is 0 Å². The number of nitrogen functional groups attached to an aromatic ring is 1. The van der Waals surface area contributed by atoms with Gasteiger partial charge >= 0.3 is 0 Å². The summed E-state index contributed by atoms with van der Waals surface area (Å²) in [5, 5.41) is 0. The number of hydrogen-bond donors (Lipinski definition) is 1. The minimum absolute atomic E-state index is 0.350. The Balaban J connectivity index is 2.18. The van der Waals surface area contributed by atoms with Crippen LogP contribution in [0.4, 0.5) is 11.8 Å². The minimum atomic E-state index is 0.350. The van der Waals surface area contributed by atoms with E-state index in [1.54, 1.807) is 0 Å². The molecule has 0 amide bonds. The molecule has 0 saturated heterocycles. The maximum atomic E-state index is 5.86. The SMILES string of the molecule is Cc1ccc(-c2nc(N)nc3c2CCCN3C)cc1. The first-order valence-corrected chi connectivity index (χ1v) is 6.60. The van der Waals surface area contributed by atoms with Gasteiger partial charge in [-0.05, 0) is 19.8 Å². The monoisotopic (exact) mass is 254 g/mol. The topological polar surface area (TPSA) is 55.0 Å². The van der Waals surface area contributed by atoms with E-state index in [2.05, 4.69) is 53.1 Å². The fraction of sp³-hybridized carbons (Fsp3) is 0.333. The Morgan fingerprint density at radius 1 is 1.16 bits per heavy atom. The lowest BCUT2D eigenvalue weighted by molar-refractivity contribution is 0.727. The van der Waals surface area contributed by atoms with Gasteiger partial charge in [-0.15, -0.1) is 0 Å². The van der Waals surface area contributed by atoms with Gasteiger partial charge in [0, 0.05) is 24.7 Å². The van der Waals surface area contributed by atoms with Gasteiger partial charge in [-0.25, -0.2) is 4.98 Å². The Morgan fingerprint density at radius 3 is 2.63 bits per heavy atom. The van der Waals surface area contributed by atoms with Crippen molar-refractivity contribution >= 4 is 11.8 Å². The molecule has 0 atom stereocenters. The van der Waals surface area contributed by atoms with Crippen LogP contribution in [0.25, 0.3) is 11.3 Å². The third-order valence-electron chi connectivity index (χ3n) is 3.61. The Bertz CT molecular complexity index is 604. The average Bonchev–Trinajstić information content (AvgIpc) is 2.40. The van der Waals surface area contributed by atoms with Gasteiger partial charge in [0.1, 0.15) is 5.82 Å². The van der Waals surface area contributed by atoms with E-state index in [-0.39, 0.29) is 0 Å². The van der Waals surface area contributed by atoms with E-state index in [0.29, 0.717) is 5.95 Å². The largest absolute Gasteiger partial charge is 0.368 e. The van der Waals surface area contributed by atoms with E-state index < -0.39 is 0 Å². The Kier molecular flexibility index (Phi) is 2.85. The molecular formula is C15H18N4. The van der Waals surface area contributed by atoms with E-state index in [4.69, 9.17) is 5.73 Å². The molecule has 0 aliphatic carbocycles. The summed E-state index contributed by atoms with van der Waals surface area (Å²) in [7, 11) is 2.06. The smallest absolute Gasteiger partial charge is 0.222 e. The van der Waals surface area contributed by atoms with Crippen molar-refractivity contribution in [3.05, 3.63) is 35.4 Å². The van der Waals surface area contributed by atoms with Crippen molar-refractivity contribution in [3.8, 4) is 11.3 Å². The quantitative estimate of drug-likeness (QED) is 0.849. The van der Waals surface area contributed by atoms with Gasteiger partial charge in [0.25, 0.3) is 0 Å². The molecule has 2 heterocycles. The van der Waals surface area contributed by atoms with Gasteiger partial charge in [-0.2, -0.15) is 4.98 Å². The number of nitrogens with zero attached hydrogens (tertiary/aromatic N) is 3. The van der Waals surface area contributed by atoms with Crippen molar-refractivity contribution < 1.29 is 0 Å². The molecule has 4 nitrogen and oxygen atoms in total. The van der Waals surface area contributed by atoms with E-state index >= 15 is 0 Å². The molecule has 0 bridgehead atoms. The molecule has 0 spiro atoms. The Morgan fingerprint density at radius 2 is 1.89 bits per heavy atom. The first kappa shape index (κ1) is 12.0. The maximum Gasteiger partial charge on any atom is 0.222 e. The van der Waals surface area contributed by atoms with Crippen LogP contribution in [0.3, 0.4) is 0 Å². The molecule has 2 N–H and O–H groups in total. The highest BCUT2D eigenvalue weighted by molar-refractivity contribution is 5.71. The van der Waals surface area contributed by atoms with E-state index in [1.165, 1.54) is 11.1 Å². The highest BCUT2D eigenvalue weighted by atomic mass is 15.2. The summed E-state index contributed by atoms with van der Waals surface area (Å²) in [6.07, 6.45) is 2.15. The van der Waals surface area contributed by atoms with Crippen molar-refractivity contribution in [1.82, 2.24) is 9.97 Å². The Hall–Kier alpha value is -2.10. The third-order valence-corrected chi connectivity index (χ3v) is 3.61. The van der Waals surface area contributed by atoms with Crippen LogP contribution in [0.1, 0.15) is 17.5 Å². The fourth-order valence-corrected chi connectivity index (χ4v) is 2.58. The molecule has 1 aromatic carbocycles. The number of fused-ring (bicyclic) bond motifs is 1. The van der Waals surface area contributed by atoms with Crippen LogP contribution in [-0.4, -0.2) is 23.6 Å². The van der Waals surface area contributed by atoms with Crippen molar-refractivity contribution in [2.75, 3.05) is 24.2 Å². The van der Waals surface area contributed by atoms with Crippen LogP contribution >= 0.6 is 0 Å².